The Labute approximate surface area is 128 Å². The van der Waals surface area contributed by atoms with E-state index in [1.165, 1.54) is 17.4 Å². The lowest BCUT2D eigenvalue weighted by Gasteiger charge is -2.05. The summed E-state index contributed by atoms with van der Waals surface area (Å²) in [5.74, 6) is 0. The first-order chi connectivity index (χ1) is 9.53. The minimum atomic E-state index is -3.56. The van der Waals surface area contributed by atoms with Crippen LogP contribution < -0.4 is 4.72 Å². The second kappa shape index (κ2) is 6.76. The van der Waals surface area contributed by atoms with Gasteiger partial charge in [0.15, 0.2) is 0 Å². The Morgan fingerprint density at radius 3 is 2.90 bits per heavy atom. The van der Waals surface area contributed by atoms with Crippen LogP contribution in [0.2, 0.25) is 0 Å². The van der Waals surface area contributed by atoms with E-state index in [-0.39, 0.29) is 11.5 Å². The van der Waals surface area contributed by atoms with Crippen molar-refractivity contribution < 1.29 is 13.5 Å². The van der Waals surface area contributed by atoms with Crippen LogP contribution in [0.25, 0.3) is 0 Å². The number of nitrogens with zero attached hydrogens (tertiary/aromatic N) is 3. The zero-order valence-corrected chi connectivity index (χ0v) is 13.6. The average molecular weight is 381 g/mol. The molecular weight excluding hydrogens is 368 g/mol. The van der Waals surface area contributed by atoms with Crippen molar-refractivity contribution in [1.82, 2.24) is 19.7 Å². The van der Waals surface area contributed by atoms with E-state index in [1.54, 1.807) is 17.1 Å². The zero-order valence-electron chi connectivity index (χ0n) is 10.4. The first kappa shape index (κ1) is 15.6. The van der Waals surface area contributed by atoms with Crippen molar-refractivity contribution in [2.45, 2.75) is 24.5 Å². The monoisotopic (exact) mass is 380 g/mol. The number of aromatic nitrogens is 3. The molecule has 20 heavy (non-hydrogen) atoms. The molecule has 0 unspecified atom stereocenters. The molecule has 7 nitrogen and oxygen atoms in total. The van der Waals surface area contributed by atoms with E-state index in [0.29, 0.717) is 28.2 Å². The summed E-state index contributed by atoms with van der Waals surface area (Å²) in [5.41, 5.74) is 0. The highest BCUT2D eigenvalue weighted by atomic mass is 79.9. The Morgan fingerprint density at radius 1 is 1.50 bits per heavy atom. The summed E-state index contributed by atoms with van der Waals surface area (Å²) in [5, 5.41) is 16.5. The van der Waals surface area contributed by atoms with Gasteiger partial charge in [-0.25, -0.2) is 13.1 Å². The number of aliphatic hydroxyl groups is 1. The Morgan fingerprint density at radius 2 is 2.30 bits per heavy atom. The molecule has 0 amide bonds. The van der Waals surface area contributed by atoms with Crippen LogP contribution in [0.4, 0.5) is 0 Å². The predicted octanol–water partition coefficient (Wildman–Crippen LogP) is 0.963. The van der Waals surface area contributed by atoms with Gasteiger partial charge in [-0.05, 0) is 28.4 Å². The van der Waals surface area contributed by atoms with Gasteiger partial charge in [0.25, 0.3) is 0 Å². The lowest BCUT2D eigenvalue weighted by atomic mass is 10.4. The largest absolute Gasteiger partial charge is 0.391 e. The third kappa shape index (κ3) is 3.85. The molecule has 0 saturated heterocycles. The van der Waals surface area contributed by atoms with E-state index < -0.39 is 10.0 Å². The van der Waals surface area contributed by atoms with Crippen molar-refractivity contribution in [3.8, 4) is 0 Å². The molecule has 0 aromatic carbocycles. The molecular formula is C10H13BrN4O3S2. The van der Waals surface area contributed by atoms with E-state index >= 15 is 0 Å². The second-order valence-corrected chi connectivity index (χ2v) is 8.12. The molecule has 2 aromatic rings. The zero-order chi connectivity index (χ0) is 14.6. The molecule has 0 saturated carbocycles. The van der Waals surface area contributed by atoms with Crippen LogP contribution in [0.5, 0.6) is 0 Å². The molecule has 10 heteroatoms. The fourth-order valence-corrected chi connectivity index (χ4v) is 5.15. The maximum absolute atomic E-state index is 12.1. The number of thiophene rings is 1. The van der Waals surface area contributed by atoms with Crippen LogP contribution in [0.3, 0.4) is 0 Å². The number of sulfonamides is 1. The third-order valence-electron chi connectivity index (χ3n) is 2.48. The number of aryl methyl sites for hydroxylation is 1. The minimum absolute atomic E-state index is 0.160. The standard InChI is InChI=1S/C10H13BrN4O3S2/c11-10-9(6-8(7-16)19-10)20(17,18)13-2-1-4-15-5-3-12-14-15/h3,5-6,13,16H,1-2,4,7H2. The Bertz CT molecular complexity index is 654. The summed E-state index contributed by atoms with van der Waals surface area (Å²) in [4.78, 5) is 0.757. The normalized spacial score (nSPS) is 11.9. The second-order valence-electron chi connectivity index (χ2n) is 3.93. The molecule has 2 aromatic heterocycles. The van der Waals surface area contributed by atoms with Crippen LogP contribution in [-0.4, -0.2) is 35.1 Å². The fraction of sp³-hybridized carbons (Fsp3) is 0.400. The van der Waals surface area contributed by atoms with Crippen LogP contribution in [0.15, 0.2) is 27.1 Å². The molecule has 0 spiro atoms. The molecule has 0 aliphatic carbocycles. The van der Waals surface area contributed by atoms with Gasteiger partial charge in [0.1, 0.15) is 4.90 Å². The molecule has 0 fully saturated rings. The van der Waals surface area contributed by atoms with Crippen LogP contribution in [-0.2, 0) is 23.2 Å². The lowest BCUT2D eigenvalue weighted by Crippen LogP contribution is -2.25. The number of aliphatic hydroxyl groups excluding tert-OH is 1. The molecule has 0 aliphatic rings. The molecule has 0 aliphatic heterocycles. The van der Waals surface area contributed by atoms with Gasteiger partial charge < -0.3 is 5.11 Å². The van der Waals surface area contributed by atoms with E-state index in [9.17, 15) is 8.42 Å². The molecule has 0 bridgehead atoms. The van der Waals surface area contributed by atoms with E-state index in [1.807, 2.05) is 0 Å². The number of hydrogen-bond donors (Lipinski definition) is 2. The quantitative estimate of drug-likeness (QED) is 0.697. The third-order valence-corrected chi connectivity index (χ3v) is 6.18. The van der Waals surface area contributed by atoms with E-state index in [4.69, 9.17) is 5.11 Å². The molecule has 2 rings (SSSR count). The highest BCUT2D eigenvalue weighted by molar-refractivity contribution is 9.11. The smallest absolute Gasteiger partial charge is 0.242 e. The summed E-state index contributed by atoms with van der Waals surface area (Å²) in [6, 6.07) is 1.47. The average Bonchev–Trinajstić information content (AvgIpc) is 3.04. The number of hydrogen-bond acceptors (Lipinski definition) is 6. The van der Waals surface area contributed by atoms with Gasteiger partial charge in [-0.15, -0.1) is 16.4 Å². The Hall–Kier alpha value is -0.810. The summed E-state index contributed by atoms with van der Waals surface area (Å²) >= 11 is 4.40. The summed E-state index contributed by atoms with van der Waals surface area (Å²) in [6.45, 7) is 0.721. The number of nitrogens with one attached hydrogen (secondary N) is 1. The molecule has 2 heterocycles. The van der Waals surface area contributed by atoms with Crippen molar-refractivity contribution in [2.24, 2.45) is 0 Å². The lowest BCUT2D eigenvalue weighted by molar-refractivity contribution is 0.285. The van der Waals surface area contributed by atoms with Gasteiger partial charge in [0.2, 0.25) is 10.0 Å². The van der Waals surface area contributed by atoms with Gasteiger partial charge in [-0.1, -0.05) is 5.21 Å². The van der Waals surface area contributed by atoms with E-state index in [2.05, 4.69) is 31.0 Å². The van der Waals surface area contributed by atoms with Gasteiger partial charge in [0, 0.05) is 24.2 Å². The Balaban J connectivity index is 1.91. The van der Waals surface area contributed by atoms with Crippen molar-refractivity contribution in [1.29, 1.82) is 0 Å². The SMILES string of the molecule is O=S(=O)(NCCCn1ccnn1)c1cc(CO)sc1Br. The van der Waals surface area contributed by atoms with Gasteiger partial charge in [0.05, 0.1) is 16.6 Å². The van der Waals surface area contributed by atoms with Crippen molar-refractivity contribution in [2.75, 3.05) is 6.54 Å². The van der Waals surface area contributed by atoms with Crippen LogP contribution in [0.1, 0.15) is 11.3 Å². The highest BCUT2D eigenvalue weighted by Crippen LogP contribution is 2.31. The number of rotatable bonds is 7. The van der Waals surface area contributed by atoms with E-state index in [0.717, 1.165) is 0 Å². The fourth-order valence-electron chi connectivity index (χ4n) is 1.54. The van der Waals surface area contributed by atoms with Gasteiger partial charge >= 0.3 is 0 Å². The minimum Gasteiger partial charge on any atom is -0.391 e. The van der Waals surface area contributed by atoms with Gasteiger partial charge in [-0.2, -0.15) is 0 Å². The summed E-state index contributed by atoms with van der Waals surface area (Å²) in [7, 11) is -3.56. The molecule has 2 N–H and O–H groups in total. The Kier molecular flexibility index (Phi) is 5.27. The van der Waals surface area contributed by atoms with Crippen LogP contribution in [0, 0.1) is 0 Å². The maximum Gasteiger partial charge on any atom is 0.242 e. The van der Waals surface area contributed by atoms with Crippen molar-refractivity contribution >= 4 is 37.3 Å². The summed E-state index contributed by atoms with van der Waals surface area (Å²) < 4.78 is 28.8. The van der Waals surface area contributed by atoms with Crippen LogP contribution >= 0.6 is 27.3 Å². The predicted molar refractivity (Wildman–Crippen MR) is 77.8 cm³/mol. The number of halogens is 1. The van der Waals surface area contributed by atoms with Crippen molar-refractivity contribution in [3.63, 3.8) is 0 Å². The maximum atomic E-state index is 12.1. The first-order valence-corrected chi connectivity index (χ1v) is 8.85. The highest BCUT2D eigenvalue weighted by Gasteiger charge is 2.20. The first-order valence-electron chi connectivity index (χ1n) is 5.76. The topological polar surface area (TPSA) is 97.1 Å². The van der Waals surface area contributed by atoms with Gasteiger partial charge in [-0.3, -0.25) is 4.68 Å². The summed E-state index contributed by atoms with van der Waals surface area (Å²) in [6.07, 6.45) is 3.90. The molecule has 0 atom stereocenters. The van der Waals surface area contributed by atoms with Crippen molar-refractivity contribution in [3.05, 3.63) is 27.1 Å². The molecule has 0 radical (unpaired) electrons. The molecule has 110 valence electrons.